The van der Waals surface area contributed by atoms with Crippen LogP contribution >= 0.6 is 11.6 Å². The van der Waals surface area contributed by atoms with Crippen molar-refractivity contribution in [1.29, 1.82) is 0 Å². The summed E-state index contributed by atoms with van der Waals surface area (Å²) in [6, 6.07) is 13.5. The molecule has 1 aliphatic rings. The third-order valence-electron chi connectivity index (χ3n) is 5.69. The van der Waals surface area contributed by atoms with Crippen molar-refractivity contribution in [2.75, 3.05) is 38.7 Å². The maximum absolute atomic E-state index is 13.1. The highest BCUT2D eigenvalue weighted by Crippen LogP contribution is 2.29. The first-order valence-corrected chi connectivity index (χ1v) is 12.3. The number of aromatic nitrogens is 2. The smallest absolute Gasteiger partial charge is 0.317 e. The molecule has 0 bridgehead atoms. The predicted molar refractivity (Wildman–Crippen MR) is 143 cm³/mol. The molecule has 2 amide bonds. The molecule has 2 heterocycles. The number of nitrogens with one attached hydrogen (secondary N) is 2. The molecule has 196 valence electrons. The number of anilines is 1. The minimum atomic E-state index is -0.711. The van der Waals surface area contributed by atoms with Gasteiger partial charge in [-0.3, -0.25) is 15.2 Å². The molecule has 0 aliphatic carbocycles. The average Bonchev–Trinajstić information content (AvgIpc) is 3.47. The second kappa shape index (κ2) is 14.4. The largest absolute Gasteiger partial charge is 0.383 e. The number of nitrogens with zero attached hydrogens (tertiary/aromatic N) is 2. The molecule has 36 heavy (non-hydrogen) atoms. The Morgan fingerprint density at radius 2 is 1.94 bits per heavy atom. The molecular formula is C26H35ClFN5O3. The standard InChI is InChI=1S/C13H17ClFNO.C11H12N4O2.C2H6/c1-17-7-6-16-5-4-11(9-16)10-2-3-13(15)12(14)8-10;1-7-9(13-11(12)17)15(14-10(7)16)8-5-3-2-4-6-8;1-2/h2-3,8,11H,4-7,9H2,1H3;2-6H,1H3,(H,14,16)(H3,12,13,17);1-2H3/t11-;;/m0../s1. The van der Waals surface area contributed by atoms with E-state index < -0.39 is 6.03 Å². The Morgan fingerprint density at radius 1 is 1.25 bits per heavy atom. The number of primary amides is 1. The third kappa shape index (κ3) is 7.94. The summed E-state index contributed by atoms with van der Waals surface area (Å²) in [7, 11) is 1.72. The lowest BCUT2D eigenvalue weighted by molar-refractivity contribution is 0.160. The quantitative estimate of drug-likeness (QED) is 0.430. The van der Waals surface area contributed by atoms with Gasteiger partial charge in [0.05, 0.1) is 22.9 Å². The molecule has 4 rings (SSSR count). The number of ether oxygens (including phenoxy) is 1. The summed E-state index contributed by atoms with van der Waals surface area (Å²) in [4.78, 5) is 24.8. The molecule has 3 aromatic rings. The average molecular weight is 520 g/mol. The number of H-pyrrole nitrogens is 1. The van der Waals surface area contributed by atoms with E-state index in [0.29, 0.717) is 17.3 Å². The van der Waals surface area contributed by atoms with Crippen molar-refractivity contribution in [1.82, 2.24) is 14.7 Å². The van der Waals surface area contributed by atoms with Crippen LogP contribution in [0.1, 0.15) is 37.3 Å². The number of rotatable bonds is 6. The molecule has 0 unspecified atom stereocenters. The van der Waals surface area contributed by atoms with Gasteiger partial charge in [-0.1, -0.05) is 49.7 Å². The zero-order valence-corrected chi connectivity index (χ0v) is 21.9. The van der Waals surface area contributed by atoms with Crippen molar-refractivity contribution in [2.45, 2.75) is 33.1 Å². The van der Waals surface area contributed by atoms with Crippen molar-refractivity contribution in [3.63, 3.8) is 0 Å². The highest BCUT2D eigenvalue weighted by Gasteiger charge is 2.23. The highest BCUT2D eigenvalue weighted by molar-refractivity contribution is 6.30. The first-order chi connectivity index (χ1) is 17.3. The minimum absolute atomic E-state index is 0.220. The third-order valence-corrected chi connectivity index (χ3v) is 5.98. The number of hydrogen-bond donors (Lipinski definition) is 3. The Morgan fingerprint density at radius 3 is 2.56 bits per heavy atom. The van der Waals surface area contributed by atoms with Crippen molar-refractivity contribution in [3.05, 3.63) is 80.9 Å². The summed E-state index contributed by atoms with van der Waals surface area (Å²) in [5.74, 6) is 0.475. The molecule has 0 saturated carbocycles. The Hall–Kier alpha value is -3.14. The van der Waals surface area contributed by atoms with E-state index in [4.69, 9.17) is 22.1 Å². The molecular weight excluding hydrogens is 485 g/mol. The van der Waals surface area contributed by atoms with E-state index in [-0.39, 0.29) is 16.4 Å². The summed E-state index contributed by atoms with van der Waals surface area (Å²) in [5.41, 5.74) is 7.09. The van der Waals surface area contributed by atoms with Crippen LogP contribution in [0.4, 0.5) is 15.0 Å². The maximum Gasteiger partial charge on any atom is 0.317 e. The summed E-state index contributed by atoms with van der Waals surface area (Å²) >= 11 is 5.80. The van der Waals surface area contributed by atoms with Gasteiger partial charge in [-0.05, 0) is 55.6 Å². The second-order valence-corrected chi connectivity index (χ2v) is 8.43. The van der Waals surface area contributed by atoms with E-state index in [1.54, 1.807) is 20.1 Å². The number of halogens is 2. The lowest BCUT2D eigenvalue weighted by Crippen LogP contribution is -2.24. The fourth-order valence-electron chi connectivity index (χ4n) is 3.85. The van der Waals surface area contributed by atoms with Crippen LogP contribution < -0.4 is 16.6 Å². The van der Waals surface area contributed by atoms with Crippen molar-refractivity contribution in [2.24, 2.45) is 5.73 Å². The summed E-state index contributed by atoms with van der Waals surface area (Å²) in [5, 5.41) is 5.28. The molecule has 1 saturated heterocycles. The van der Waals surface area contributed by atoms with Crippen molar-refractivity contribution < 1.29 is 13.9 Å². The van der Waals surface area contributed by atoms with Crippen LogP contribution in [-0.4, -0.2) is 54.1 Å². The number of carbonyl (C=O) groups excluding carboxylic acids is 1. The van der Waals surface area contributed by atoms with Crippen LogP contribution in [0, 0.1) is 12.7 Å². The van der Waals surface area contributed by atoms with Gasteiger partial charge in [-0.15, -0.1) is 0 Å². The lowest BCUT2D eigenvalue weighted by atomic mass is 9.98. The number of likely N-dealkylation sites (tertiary alicyclic amines) is 1. The van der Waals surface area contributed by atoms with E-state index in [9.17, 15) is 14.0 Å². The molecule has 0 spiro atoms. The van der Waals surface area contributed by atoms with Crippen LogP contribution in [0.3, 0.4) is 0 Å². The van der Waals surface area contributed by atoms with Gasteiger partial charge >= 0.3 is 6.03 Å². The fourth-order valence-corrected chi connectivity index (χ4v) is 4.04. The predicted octanol–water partition coefficient (Wildman–Crippen LogP) is 4.91. The van der Waals surface area contributed by atoms with Gasteiger partial charge in [-0.25, -0.2) is 13.9 Å². The second-order valence-electron chi connectivity index (χ2n) is 8.03. The van der Waals surface area contributed by atoms with Gasteiger partial charge < -0.3 is 15.4 Å². The van der Waals surface area contributed by atoms with Crippen molar-refractivity contribution >= 4 is 23.4 Å². The molecule has 1 aromatic heterocycles. The number of carbonyl (C=O) groups is 1. The number of nitrogens with two attached hydrogens (primary N) is 1. The Bertz CT molecular complexity index is 1170. The first-order valence-electron chi connectivity index (χ1n) is 11.9. The number of methoxy groups -OCH3 is 1. The summed E-state index contributed by atoms with van der Waals surface area (Å²) in [6.07, 6.45) is 1.10. The molecule has 0 radical (unpaired) electrons. The van der Waals surface area contributed by atoms with Gasteiger partial charge in [0.1, 0.15) is 11.6 Å². The molecule has 2 aromatic carbocycles. The zero-order valence-electron chi connectivity index (χ0n) is 21.2. The molecule has 1 aliphatic heterocycles. The number of urea groups is 1. The van der Waals surface area contributed by atoms with E-state index >= 15 is 0 Å². The van der Waals surface area contributed by atoms with E-state index in [2.05, 4.69) is 15.3 Å². The van der Waals surface area contributed by atoms with Gasteiger partial charge in [0.15, 0.2) is 0 Å². The van der Waals surface area contributed by atoms with Crippen LogP contribution in [-0.2, 0) is 4.74 Å². The van der Waals surface area contributed by atoms with Crippen LogP contribution in [0.15, 0.2) is 53.3 Å². The van der Waals surface area contributed by atoms with Crippen LogP contribution in [0.5, 0.6) is 0 Å². The molecule has 1 fully saturated rings. The van der Waals surface area contributed by atoms with Gasteiger partial charge in [0.2, 0.25) is 0 Å². The van der Waals surface area contributed by atoms with E-state index in [1.165, 1.54) is 10.7 Å². The number of hydrogen-bond acceptors (Lipinski definition) is 4. The fraction of sp³-hybridized carbons (Fsp3) is 0.385. The van der Waals surface area contributed by atoms with Gasteiger partial charge in [-0.2, -0.15) is 0 Å². The number of aromatic amines is 1. The normalized spacial score (nSPS) is 14.9. The Labute approximate surface area is 216 Å². The Kier molecular flexibility index (Phi) is 11.7. The molecule has 8 nitrogen and oxygen atoms in total. The van der Waals surface area contributed by atoms with Gasteiger partial charge in [0.25, 0.3) is 5.56 Å². The van der Waals surface area contributed by atoms with Crippen LogP contribution in [0.25, 0.3) is 5.69 Å². The molecule has 10 heteroatoms. The summed E-state index contributed by atoms with van der Waals surface area (Å²) < 4.78 is 19.6. The monoisotopic (exact) mass is 519 g/mol. The number of benzene rings is 2. The van der Waals surface area contributed by atoms with Gasteiger partial charge in [0, 0.05) is 20.2 Å². The van der Waals surface area contributed by atoms with E-state index in [1.807, 2.05) is 50.2 Å². The van der Waals surface area contributed by atoms with Crippen LogP contribution in [0.2, 0.25) is 5.02 Å². The maximum atomic E-state index is 13.1. The van der Waals surface area contributed by atoms with E-state index in [0.717, 1.165) is 43.9 Å². The highest BCUT2D eigenvalue weighted by atomic mass is 35.5. The molecule has 1 atom stereocenters. The van der Waals surface area contributed by atoms with Crippen molar-refractivity contribution in [3.8, 4) is 5.69 Å². The SMILES string of the molecule is CC.COCCN1CC[C@H](c2ccc(F)c(Cl)c2)C1.Cc1c(NC(N)=O)n(-c2ccccc2)[nH]c1=O. The minimum Gasteiger partial charge on any atom is -0.383 e. The first kappa shape index (κ1) is 29.1. The topological polar surface area (TPSA) is 105 Å². The lowest BCUT2D eigenvalue weighted by Gasteiger charge is -2.15. The number of amides is 2. The molecule has 4 N–H and O–H groups in total. The number of para-hydroxylation sites is 1. The Balaban J connectivity index is 0.000000237. The summed E-state index contributed by atoms with van der Waals surface area (Å²) in [6.45, 7) is 9.41. The zero-order chi connectivity index (χ0) is 26.7.